The standard InChI is InChI=1S/C10H19N5O2/c1-3-17-10-14-8(11)13-9(15-10)12-7(2)5-4-6-16/h7,16H,3-6H2,1-2H3,(H3,11,12,13,14,15). The van der Waals surface area contributed by atoms with Crippen molar-refractivity contribution < 1.29 is 9.84 Å². The Kier molecular flexibility index (Phi) is 5.41. The zero-order valence-electron chi connectivity index (χ0n) is 10.2. The lowest BCUT2D eigenvalue weighted by Crippen LogP contribution is -2.18. The highest BCUT2D eigenvalue weighted by molar-refractivity contribution is 5.33. The molecule has 0 bridgehead atoms. The molecule has 1 rings (SSSR count). The van der Waals surface area contributed by atoms with Crippen molar-refractivity contribution in [2.24, 2.45) is 0 Å². The van der Waals surface area contributed by atoms with Crippen molar-refractivity contribution >= 4 is 11.9 Å². The Morgan fingerprint density at radius 2 is 2.18 bits per heavy atom. The van der Waals surface area contributed by atoms with E-state index in [0.29, 0.717) is 12.6 Å². The van der Waals surface area contributed by atoms with E-state index in [1.807, 2.05) is 13.8 Å². The number of rotatable bonds is 7. The van der Waals surface area contributed by atoms with Crippen LogP contribution in [0.25, 0.3) is 0 Å². The summed E-state index contributed by atoms with van der Waals surface area (Å²) in [5, 5.41) is 11.8. The van der Waals surface area contributed by atoms with Gasteiger partial charge < -0.3 is 20.9 Å². The normalized spacial score (nSPS) is 12.2. The summed E-state index contributed by atoms with van der Waals surface area (Å²) < 4.78 is 5.17. The van der Waals surface area contributed by atoms with Crippen LogP contribution < -0.4 is 15.8 Å². The van der Waals surface area contributed by atoms with Crippen molar-refractivity contribution in [3.8, 4) is 6.01 Å². The summed E-state index contributed by atoms with van der Waals surface area (Å²) in [5.74, 6) is 0.520. The van der Waals surface area contributed by atoms with E-state index < -0.39 is 0 Å². The highest BCUT2D eigenvalue weighted by Crippen LogP contribution is 2.11. The van der Waals surface area contributed by atoms with Gasteiger partial charge in [-0.15, -0.1) is 0 Å². The molecular weight excluding hydrogens is 222 g/mol. The lowest BCUT2D eigenvalue weighted by molar-refractivity contribution is 0.282. The number of nitrogens with two attached hydrogens (primary N) is 1. The maximum absolute atomic E-state index is 8.73. The number of nitrogens with zero attached hydrogens (tertiary/aromatic N) is 3. The molecule has 1 aromatic heterocycles. The first-order valence-electron chi connectivity index (χ1n) is 5.67. The van der Waals surface area contributed by atoms with Crippen LogP contribution in [0.4, 0.5) is 11.9 Å². The molecule has 7 heteroatoms. The second kappa shape index (κ2) is 6.85. The second-order valence-electron chi connectivity index (χ2n) is 3.64. The number of hydrogen-bond acceptors (Lipinski definition) is 7. The average molecular weight is 241 g/mol. The van der Waals surface area contributed by atoms with E-state index in [1.165, 1.54) is 0 Å². The molecule has 0 spiro atoms. The van der Waals surface area contributed by atoms with Crippen LogP contribution in [0.1, 0.15) is 26.7 Å². The van der Waals surface area contributed by atoms with Crippen LogP contribution in [0.2, 0.25) is 0 Å². The molecule has 0 aromatic carbocycles. The van der Waals surface area contributed by atoms with Gasteiger partial charge in [0.1, 0.15) is 0 Å². The van der Waals surface area contributed by atoms with Gasteiger partial charge in [-0.2, -0.15) is 15.0 Å². The number of aliphatic hydroxyl groups excluding tert-OH is 1. The molecule has 1 heterocycles. The van der Waals surface area contributed by atoms with E-state index in [1.54, 1.807) is 0 Å². The Balaban J connectivity index is 2.63. The second-order valence-corrected chi connectivity index (χ2v) is 3.64. The fourth-order valence-electron chi connectivity index (χ4n) is 1.32. The third-order valence-electron chi connectivity index (χ3n) is 2.08. The summed E-state index contributed by atoms with van der Waals surface area (Å²) in [6, 6.07) is 0.371. The Morgan fingerprint density at radius 3 is 2.82 bits per heavy atom. The smallest absolute Gasteiger partial charge is 0.323 e. The fraction of sp³-hybridized carbons (Fsp3) is 0.700. The first kappa shape index (κ1) is 13.4. The van der Waals surface area contributed by atoms with Gasteiger partial charge in [0.15, 0.2) is 0 Å². The predicted octanol–water partition coefficient (Wildman–Crippen LogP) is 0.425. The average Bonchev–Trinajstić information content (AvgIpc) is 2.26. The Labute approximate surface area is 100 Å². The SMILES string of the molecule is CCOc1nc(N)nc(NC(C)CCCO)n1. The first-order chi connectivity index (χ1) is 8.15. The topological polar surface area (TPSA) is 106 Å². The molecule has 0 saturated carbocycles. The summed E-state index contributed by atoms with van der Waals surface area (Å²) in [5.41, 5.74) is 5.54. The molecular formula is C10H19N5O2. The van der Waals surface area contributed by atoms with Gasteiger partial charge in [0.2, 0.25) is 11.9 Å². The Morgan fingerprint density at radius 1 is 1.41 bits per heavy atom. The highest BCUT2D eigenvalue weighted by Gasteiger charge is 2.08. The third kappa shape index (κ3) is 4.81. The molecule has 0 radical (unpaired) electrons. The summed E-state index contributed by atoms with van der Waals surface area (Å²) >= 11 is 0. The van der Waals surface area contributed by atoms with Crippen molar-refractivity contribution in [3.05, 3.63) is 0 Å². The van der Waals surface area contributed by atoms with Crippen molar-refractivity contribution in [2.75, 3.05) is 24.3 Å². The van der Waals surface area contributed by atoms with Crippen LogP contribution in [0.5, 0.6) is 6.01 Å². The van der Waals surface area contributed by atoms with Gasteiger partial charge >= 0.3 is 6.01 Å². The van der Waals surface area contributed by atoms with E-state index >= 15 is 0 Å². The number of anilines is 2. The quantitative estimate of drug-likeness (QED) is 0.635. The van der Waals surface area contributed by atoms with Crippen molar-refractivity contribution in [1.29, 1.82) is 0 Å². The maximum atomic E-state index is 8.73. The van der Waals surface area contributed by atoms with E-state index in [9.17, 15) is 0 Å². The Hall–Kier alpha value is -1.63. The molecule has 4 N–H and O–H groups in total. The summed E-state index contributed by atoms with van der Waals surface area (Å²) in [7, 11) is 0. The van der Waals surface area contributed by atoms with E-state index in [4.69, 9.17) is 15.6 Å². The van der Waals surface area contributed by atoms with Crippen LogP contribution in [-0.2, 0) is 0 Å². The first-order valence-corrected chi connectivity index (χ1v) is 5.67. The van der Waals surface area contributed by atoms with Crippen LogP contribution in [0, 0.1) is 0 Å². The molecule has 1 aromatic rings. The molecule has 0 aliphatic rings. The molecule has 7 nitrogen and oxygen atoms in total. The van der Waals surface area contributed by atoms with Crippen LogP contribution in [-0.4, -0.2) is 39.3 Å². The highest BCUT2D eigenvalue weighted by atomic mass is 16.5. The largest absolute Gasteiger partial charge is 0.464 e. The molecule has 1 unspecified atom stereocenters. The van der Waals surface area contributed by atoms with Crippen LogP contribution in [0.3, 0.4) is 0 Å². The van der Waals surface area contributed by atoms with Gasteiger partial charge in [0, 0.05) is 12.6 Å². The fourth-order valence-corrected chi connectivity index (χ4v) is 1.32. The lowest BCUT2D eigenvalue weighted by Gasteiger charge is -2.13. The van der Waals surface area contributed by atoms with Gasteiger partial charge in [0.05, 0.1) is 6.61 Å². The minimum absolute atomic E-state index is 0.125. The Bertz CT molecular complexity index is 347. The minimum atomic E-state index is 0.125. The van der Waals surface area contributed by atoms with Gasteiger partial charge in [-0.1, -0.05) is 0 Å². The molecule has 1 atom stereocenters. The zero-order chi connectivity index (χ0) is 12.7. The molecule has 96 valence electrons. The van der Waals surface area contributed by atoms with Gasteiger partial charge in [-0.25, -0.2) is 0 Å². The van der Waals surface area contributed by atoms with Crippen LogP contribution in [0.15, 0.2) is 0 Å². The third-order valence-corrected chi connectivity index (χ3v) is 2.08. The molecule has 0 amide bonds. The van der Waals surface area contributed by atoms with E-state index in [0.717, 1.165) is 12.8 Å². The number of ether oxygens (including phenoxy) is 1. The minimum Gasteiger partial charge on any atom is -0.464 e. The zero-order valence-corrected chi connectivity index (χ0v) is 10.2. The van der Waals surface area contributed by atoms with Crippen molar-refractivity contribution in [1.82, 2.24) is 15.0 Å². The van der Waals surface area contributed by atoms with Crippen LogP contribution >= 0.6 is 0 Å². The summed E-state index contributed by atoms with van der Waals surface area (Å²) in [4.78, 5) is 11.9. The van der Waals surface area contributed by atoms with Gasteiger partial charge in [-0.3, -0.25) is 0 Å². The predicted molar refractivity (Wildman–Crippen MR) is 64.8 cm³/mol. The monoisotopic (exact) mass is 241 g/mol. The number of aliphatic hydroxyl groups is 1. The number of nitrogens with one attached hydrogen (secondary N) is 1. The number of aromatic nitrogens is 3. The molecule has 0 aliphatic carbocycles. The lowest BCUT2D eigenvalue weighted by atomic mass is 10.2. The number of hydrogen-bond donors (Lipinski definition) is 3. The van der Waals surface area contributed by atoms with Crippen molar-refractivity contribution in [2.45, 2.75) is 32.7 Å². The summed E-state index contributed by atoms with van der Waals surface area (Å²) in [6.45, 7) is 4.48. The van der Waals surface area contributed by atoms with E-state index in [2.05, 4.69) is 20.3 Å². The van der Waals surface area contributed by atoms with Gasteiger partial charge in [-0.05, 0) is 26.7 Å². The summed E-state index contributed by atoms with van der Waals surface area (Å²) in [6.07, 6.45) is 1.55. The molecule has 0 saturated heterocycles. The number of nitrogen functional groups attached to an aromatic ring is 1. The maximum Gasteiger partial charge on any atom is 0.323 e. The molecule has 0 fully saturated rings. The molecule has 17 heavy (non-hydrogen) atoms. The van der Waals surface area contributed by atoms with Gasteiger partial charge in [0.25, 0.3) is 0 Å². The molecule has 0 aliphatic heterocycles. The van der Waals surface area contributed by atoms with E-state index in [-0.39, 0.29) is 24.6 Å². The van der Waals surface area contributed by atoms with Crippen molar-refractivity contribution in [3.63, 3.8) is 0 Å².